The minimum atomic E-state index is 0.0725. The summed E-state index contributed by atoms with van der Waals surface area (Å²) in [6.07, 6.45) is 0. The van der Waals surface area contributed by atoms with Crippen molar-refractivity contribution in [2.45, 2.75) is 46.2 Å². The van der Waals surface area contributed by atoms with Crippen LogP contribution in [0, 0.1) is 6.92 Å². The number of H-pyrrole nitrogens is 1. The second kappa shape index (κ2) is 7.75. The van der Waals surface area contributed by atoms with Crippen molar-refractivity contribution in [1.82, 2.24) is 15.1 Å². The van der Waals surface area contributed by atoms with E-state index in [0.717, 1.165) is 37.6 Å². The molecule has 1 N–H and O–H groups in total. The van der Waals surface area contributed by atoms with E-state index in [4.69, 9.17) is 4.74 Å². The summed E-state index contributed by atoms with van der Waals surface area (Å²) in [5, 5.41) is 7.64. The van der Waals surface area contributed by atoms with Crippen LogP contribution >= 0.6 is 0 Å². The lowest BCUT2D eigenvalue weighted by molar-refractivity contribution is 0.139. The van der Waals surface area contributed by atoms with Crippen molar-refractivity contribution in [1.29, 1.82) is 0 Å². The lowest BCUT2D eigenvalue weighted by atomic mass is 9.92. The van der Waals surface area contributed by atoms with Gasteiger partial charge in [-0.3, -0.25) is 10.00 Å². The average Bonchev–Trinajstić information content (AvgIpc) is 2.96. The second-order valence-electron chi connectivity index (χ2n) is 7.22. The molecule has 0 unspecified atom stereocenters. The first-order valence-corrected chi connectivity index (χ1v) is 8.20. The summed E-state index contributed by atoms with van der Waals surface area (Å²) in [6, 6.07) is 10.9. The van der Waals surface area contributed by atoms with Crippen LogP contribution in [0.1, 0.15) is 43.3 Å². The molecule has 0 saturated carbocycles. The monoisotopic (exact) mass is 315 g/mol. The van der Waals surface area contributed by atoms with Crippen molar-refractivity contribution in [3.05, 3.63) is 52.8 Å². The van der Waals surface area contributed by atoms with Gasteiger partial charge in [0.2, 0.25) is 0 Å². The Labute approximate surface area is 139 Å². The van der Waals surface area contributed by atoms with Gasteiger partial charge in [0.05, 0.1) is 12.3 Å². The number of ether oxygens (including phenoxy) is 1. The largest absolute Gasteiger partial charge is 0.383 e. The minimum absolute atomic E-state index is 0.0725. The van der Waals surface area contributed by atoms with Crippen molar-refractivity contribution in [2.75, 3.05) is 20.3 Å². The Balaban J connectivity index is 2.05. The zero-order valence-corrected chi connectivity index (χ0v) is 15.0. The fourth-order valence-electron chi connectivity index (χ4n) is 2.45. The quantitative estimate of drug-likeness (QED) is 0.847. The topological polar surface area (TPSA) is 41.1 Å². The van der Waals surface area contributed by atoms with Crippen molar-refractivity contribution < 1.29 is 4.74 Å². The molecule has 1 heterocycles. The maximum atomic E-state index is 5.26. The number of aryl methyl sites for hydroxylation is 1. The van der Waals surface area contributed by atoms with Crippen LogP contribution in [0.15, 0.2) is 30.3 Å². The maximum absolute atomic E-state index is 5.26. The Kier molecular flexibility index (Phi) is 5.97. The number of aromatic nitrogens is 2. The molecule has 0 radical (unpaired) electrons. The van der Waals surface area contributed by atoms with E-state index >= 15 is 0 Å². The summed E-state index contributed by atoms with van der Waals surface area (Å²) in [6.45, 7) is 12.0. The highest BCUT2D eigenvalue weighted by Crippen LogP contribution is 2.21. The number of rotatable bonds is 7. The predicted octanol–water partition coefficient (Wildman–Crippen LogP) is 3.66. The van der Waals surface area contributed by atoms with Gasteiger partial charge in [-0.1, -0.05) is 50.6 Å². The van der Waals surface area contributed by atoms with Gasteiger partial charge >= 0.3 is 0 Å². The van der Waals surface area contributed by atoms with Crippen LogP contribution in [0.25, 0.3) is 0 Å². The van der Waals surface area contributed by atoms with Gasteiger partial charge in [-0.15, -0.1) is 0 Å². The molecular formula is C19H29N3O. The van der Waals surface area contributed by atoms with E-state index in [-0.39, 0.29) is 5.41 Å². The predicted molar refractivity (Wildman–Crippen MR) is 94.5 cm³/mol. The Bertz CT molecular complexity index is 596. The van der Waals surface area contributed by atoms with Crippen LogP contribution < -0.4 is 0 Å². The number of benzene rings is 1. The van der Waals surface area contributed by atoms with Crippen LogP contribution in [0.2, 0.25) is 0 Å². The summed E-state index contributed by atoms with van der Waals surface area (Å²) in [7, 11) is 1.75. The first-order valence-electron chi connectivity index (χ1n) is 8.20. The molecule has 0 spiro atoms. The summed E-state index contributed by atoms with van der Waals surface area (Å²) in [5.74, 6) is 0. The fraction of sp³-hybridized carbons (Fsp3) is 0.526. The van der Waals surface area contributed by atoms with Crippen LogP contribution in [-0.4, -0.2) is 35.4 Å². The van der Waals surface area contributed by atoms with Gasteiger partial charge in [0.25, 0.3) is 0 Å². The Morgan fingerprint density at radius 3 is 2.39 bits per heavy atom. The van der Waals surface area contributed by atoms with E-state index in [1.807, 2.05) is 0 Å². The molecule has 0 bridgehead atoms. The molecule has 2 rings (SSSR count). The molecule has 4 nitrogen and oxygen atoms in total. The molecular weight excluding hydrogens is 286 g/mol. The molecule has 4 heteroatoms. The lowest BCUT2D eigenvalue weighted by Crippen LogP contribution is -2.26. The zero-order chi connectivity index (χ0) is 16.9. The third-order valence-electron chi connectivity index (χ3n) is 3.93. The molecule has 126 valence electrons. The second-order valence-corrected chi connectivity index (χ2v) is 7.22. The molecule has 0 aliphatic heterocycles. The van der Waals surface area contributed by atoms with Crippen molar-refractivity contribution in [3.63, 3.8) is 0 Å². The molecule has 0 aliphatic carbocycles. The number of nitrogens with one attached hydrogen (secondary N) is 1. The Hall–Kier alpha value is -1.65. The van der Waals surface area contributed by atoms with E-state index in [9.17, 15) is 0 Å². The van der Waals surface area contributed by atoms with Crippen molar-refractivity contribution in [2.24, 2.45) is 0 Å². The van der Waals surface area contributed by atoms with E-state index < -0.39 is 0 Å². The van der Waals surface area contributed by atoms with Gasteiger partial charge in [-0.25, -0.2) is 0 Å². The number of hydrogen-bond donors (Lipinski definition) is 1. The molecule has 2 aromatic rings. The Morgan fingerprint density at radius 2 is 1.83 bits per heavy atom. The van der Waals surface area contributed by atoms with E-state index in [0.29, 0.717) is 0 Å². The first-order chi connectivity index (χ1) is 10.9. The Morgan fingerprint density at radius 1 is 1.13 bits per heavy atom. The molecule has 0 amide bonds. The minimum Gasteiger partial charge on any atom is -0.383 e. The zero-order valence-electron chi connectivity index (χ0n) is 15.0. The maximum Gasteiger partial charge on any atom is 0.0678 e. The summed E-state index contributed by atoms with van der Waals surface area (Å²) in [4.78, 5) is 2.38. The third kappa shape index (κ3) is 5.48. The normalized spacial score (nSPS) is 12.1. The van der Waals surface area contributed by atoms with Crippen LogP contribution in [0.4, 0.5) is 0 Å². The molecule has 0 saturated heterocycles. The third-order valence-corrected chi connectivity index (χ3v) is 3.93. The smallest absolute Gasteiger partial charge is 0.0678 e. The van der Waals surface area contributed by atoms with Crippen LogP contribution in [-0.2, 0) is 23.2 Å². The molecule has 0 fully saturated rings. The molecule has 1 aromatic heterocycles. The van der Waals surface area contributed by atoms with Gasteiger partial charge < -0.3 is 4.74 Å². The summed E-state index contributed by atoms with van der Waals surface area (Å²) < 4.78 is 5.26. The van der Waals surface area contributed by atoms with E-state index in [1.54, 1.807) is 7.11 Å². The van der Waals surface area contributed by atoms with Gasteiger partial charge in [-0.2, -0.15) is 5.10 Å². The highest BCUT2D eigenvalue weighted by molar-refractivity contribution is 5.21. The van der Waals surface area contributed by atoms with Gasteiger partial charge in [0.15, 0.2) is 0 Å². The van der Waals surface area contributed by atoms with Crippen molar-refractivity contribution >= 4 is 0 Å². The van der Waals surface area contributed by atoms with E-state index in [1.165, 1.54) is 11.1 Å². The van der Waals surface area contributed by atoms with E-state index in [2.05, 4.69) is 73.1 Å². The van der Waals surface area contributed by atoms with Crippen LogP contribution in [0.5, 0.6) is 0 Å². The van der Waals surface area contributed by atoms with Gasteiger partial charge in [-0.05, 0) is 18.6 Å². The lowest BCUT2D eigenvalue weighted by Gasteiger charge is -2.21. The molecule has 1 aromatic carbocycles. The highest BCUT2D eigenvalue weighted by Gasteiger charge is 2.18. The van der Waals surface area contributed by atoms with Crippen LogP contribution in [0.3, 0.4) is 0 Å². The molecule has 0 atom stereocenters. The molecule has 23 heavy (non-hydrogen) atoms. The van der Waals surface area contributed by atoms with Gasteiger partial charge in [0.1, 0.15) is 0 Å². The summed E-state index contributed by atoms with van der Waals surface area (Å²) >= 11 is 0. The SMILES string of the molecule is COCCN(Cc1ccc(C)cc1)Cc1cc(C(C)(C)C)n[nH]1. The van der Waals surface area contributed by atoms with Gasteiger partial charge in [0, 0.05) is 37.9 Å². The molecule has 0 aliphatic rings. The first kappa shape index (κ1) is 17.7. The average molecular weight is 315 g/mol. The number of hydrogen-bond acceptors (Lipinski definition) is 3. The number of aromatic amines is 1. The number of nitrogens with zero attached hydrogens (tertiary/aromatic N) is 2. The summed E-state index contributed by atoms with van der Waals surface area (Å²) in [5.41, 5.74) is 4.94. The standard InChI is InChI=1S/C19H29N3O/c1-15-6-8-16(9-7-15)13-22(10-11-23-5)14-17-12-18(21-20-17)19(2,3)4/h6-9,12H,10-11,13-14H2,1-5H3,(H,20,21). The highest BCUT2D eigenvalue weighted by atomic mass is 16.5. The fourth-order valence-corrected chi connectivity index (χ4v) is 2.45. The number of methoxy groups -OCH3 is 1. The van der Waals surface area contributed by atoms with Crippen molar-refractivity contribution in [3.8, 4) is 0 Å².